The molecular weight excluding hydrogens is 336 g/mol. The van der Waals surface area contributed by atoms with Gasteiger partial charge >= 0.3 is 0 Å². The molecule has 0 unspecified atom stereocenters. The van der Waals surface area contributed by atoms with Crippen LogP contribution in [0.25, 0.3) is 0 Å². The van der Waals surface area contributed by atoms with Gasteiger partial charge in [0.05, 0.1) is 18.3 Å². The second-order valence-electron chi connectivity index (χ2n) is 5.74. The number of halogens is 1. The predicted molar refractivity (Wildman–Crippen MR) is 99.7 cm³/mol. The fourth-order valence-corrected chi connectivity index (χ4v) is 2.68. The molecule has 1 aromatic heterocycles. The van der Waals surface area contributed by atoms with Crippen LogP contribution in [-0.2, 0) is 4.79 Å². The van der Waals surface area contributed by atoms with E-state index in [1.54, 1.807) is 30.5 Å². The van der Waals surface area contributed by atoms with Crippen molar-refractivity contribution in [2.24, 2.45) is 0 Å². The first kappa shape index (κ1) is 17.3. The molecule has 0 spiro atoms. The topological polar surface area (TPSA) is 54.3 Å². The van der Waals surface area contributed by atoms with Crippen LogP contribution in [0.1, 0.15) is 24.3 Å². The second kappa shape index (κ2) is 8.01. The Morgan fingerprint density at radius 1 is 1.00 bits per heavy atom. The fourth-order valence-electron chi connectivity index (χ4n) is 2.55. The van der Waals surface area contributed by atoms with Crippen molar-refractivity contribution in [3.05, 3.63) is 89.3 Å². The van der Waals surface area contributed by atoms with Gasteiger partial charge in [-0.25, -0.2) is 0 Å². The Labute approximate surface area is 151 Å². The van der Waals surface area contributed by atoms with Crippen molar-refractivity contribution >= 4 is 23.2 Å². The molecule has 2 aromatic carbocycles. The maximum atomic E-state index is 12.5. The molecule has 0 saturated heterocycles. The molecule has 1 amide bonds. The lowest BCUT2D eigenvalue weighted by atomic mass is 10.0. The minimum atomic E-state index is -0.425. The lowest BCUT2D eigenvalue weighted by Gasteiger charge is -2.22. The molecule has 3 rings (SSSR count). The van der Waals surface area contributed by atoms with Crippen LogP contribution in [0.15, 0.2) is 77.4 Å². The van der Waals surface area contributed by atoms with Gasteiger partial charge in [-0.2, -0.15) is 0 Å². The summed E-state index contributed by atoms with van der Waals surface area (Å²) in [6.07, 6.45) is 1.63. The van der Waals surface area contributed by atoms with Gasteiger partial charge in [0.15, 0.2) is 0 Å². The van der Waals surface area contributed by atoms with E-state index in [4.69, 9.17) is 16.0 Å². The Morgan fingerprint density at radius 3 is 2.36 bits per heavy atom. The third-order valence-corrected chi connectivity index (χ3v) is 4.13. The molecule has 2 atom stereocenters. The molecule has 0 saturated carbocycles. The molecule has 128 valence electrons. The normalized spacial score (nSPS) is 13.2. The first-order valence-corrected chi connectivity index (χ1v) is 8.42. The summed E-state index contributed by atoms with van der Waals surface area (Å²) >= 11 is 5.87. The summed E-state index contributed by atoms with van der Waals surface area (Å²) in [5, 5.41) is 6.85. The zero-order valence-electron chi connectivity index (χ0n) is 13.8. The van der Waals surface area contributed by atoms with Crippen LogP contribution in [0.3, 0.4) is 0 Å². The Kier molecular flexibility index (Phi) is 5.53. The van der Waals surface area contributed by atoms with Crippen LogP contribution in [0.2, 0.25) is 5.02 Å². The third-order valence-electron chi connectivity index (χ3n) is 3.88. The van der Waals surface area contributed by atoms with Crippen LogP contribution < -0.4 is 10.6 Å². The summed E-state index contributed by atoms with van der Waals surface area (Å²) in [7, 11) is 0. The molecule has 0 aliphatic rings. The van der Waals surface area contributed by atoms with Crippen molar-refractivity contribution in [1.82, 2.24) is 5.32 Å². The molecular formula is C20H19ClN2O2. The van der Waals surface area contributed by atoms with E-state index in [0.29, 0.717) is 10.7 Å². The smallest absolute Gasteiger partial charge is 0.241 e. The molecule has 4 nitrogen and oxygen atoms in total. The summed E-state index contributed by atoms with van der Waals surface area (Å²) in [5.41, 5.74) is 1.74. The summed E-state index contributed by atoms with van der Waals surface area (Å²) in [6.45, 7) is 1.82. The number of nitrogens with one attached hydrogen (secondary N) is 2. The van der Waals surface area contributed by atoms with E-state index in [1.165, 1.54) is 0 Å². The molecule has 0 aliphatic heterocycles. The first-order chi connectivity index (χ1) is 12.1. The number of hydrogen-bond donors (Lipinski definition) is 2. The van der Waals surface area contributed by atoms with Gasteiger partial charge in [-0.3, -0.25) is 10.1 Å². The molecule has 0 aliphatic carbocycles. The van der Waals surface area contributed by atoms with E-state index >= 15 is 0 Å². The van der Waals surface area contributed by atoms with Crippen molar-refractivity contribution in [2.45, 2.75) is 19.0 Å². The third kappa shape index (κ3) is 4.50. The Bertz CT molecular complexity index is 801. The molecule has 0 radical (unpaired) electrons. The summed E-state index contributed by atoms with van der Waals surface area (Å²) in [6, 6.07) is 20.0. The van der Waals surface area contributed by atoms with E-state index in [2.05, 4.69) is 10.6 Å². The second-order valence-corrected chi connectivity index (χ2v) is 6.18. The van der Waals surface area contributed by atoms with Crippen LogP contribution >= 0.6 is 11.6 Å². The van der Waals surface area contributed by atoms with Gasteiger partial charge in [0.2, 0.25) is 5.91 Å². The van der Waals surface area contributed by atoms with Gasteiger partial charge in [0.1, 0.15) is 5.76 Å². The average Bonchev–Trinajstić information content (AvgIpc) is 3.16. The monoisotopic (exact) mass is 354 g/mol. The van der Waals surface area contributed by atoms with Crippen LogP contribution in [0, 0.1) is 0 Å². The van der Waals surface area contributed by atoms with E-state index in [-0.39, 0.29) is 11.9 Å². The number of amides is 1. The van der Waals surface area contributed by atoms with Crippen molar-refractivity contribution in [3.8, 4) is 0 Å². The van der Waals surface area contributed by atoms with Crippen LogP contribution in [0.4, 0.5) is 5.69 Å². The van der Waals surface area contributed by atoms with Gasteiger partial charge < -0.3 is 9.73 Å². The number of carbonyl (C=O) groups excluding carboxylic acids is 1. The zero-order valence-corrected chi connectivity index (χ0v) is 14.5. The molecule has 3 aromatic rings. The van der Waals surface area contributed by atoms with E-state index in [0.717, 1.165) is 11.3 Å². The number of furan rings is 1. The van der Waals surface area contributed by atoms with Crippen molar-refractivity contribution in [2.75, 3.05) is 5.32 Å². The highest BCUT2D eigenvalue weighted by molar-refractivity contribution is 6.30. The largest absolute Gasteiger partial charge is 0.467 e. The number of benzene rings is 2. The number of hydrogen-bond acceptors (Lipinski definition) is 3. The van der Waals surface area contributed by atoms with Gasteiger partial charge in [0, 0.05) is 10.7 Å². The highest BCUT2D eigenvalue weighted by Crippen LogP contribution is 2.23. The fraction of sp³-hybridized carbons (Fsp3) is 0.150. The number of rotatable bonds is 6. The highest BCUT2D eigenvalue weighted by atomic mass is 35.5. The molecule has 25 heavy (non-hydrogen) atoms. The number of anilines is 1. The zero-order chi connectivity index (χ0) is 17.6. The molecule has 0 fully saturated rings. The molecule has 2 N–H and O–H groups in total. The Morgan fingerprint density at radius 2 is 1.72 bits per heavy atom. The quantitative estimate of drug-likeness (QED) is 0.678. The van der Waals surface area contributed by atoms with Crippen LogP contribution in [-0.4, -0.2) is 11.9 Å². The predicted octanol–water partition coefficient (Wildman–Crippen LogP) is 4.64. The van der Waals surface area contributed by atoms with E-state index < -0.39 is 6.04 Å². The SMILES string of the molecule is C[C@H](N[C@@H](c1ccccc1)c1ccco1)C(=O)Nc1ccc(Cl)cc1. The van der Waals surface area contributed by atoms with Gasteiger partial charge in [-0.1, -0.05) is 41.9 Å². The lowest BCUT2D eigenvalue weighted by molar-refractivity contribution is -0.117. The summed E-state index contributed by atoms with van der Waals surface area (Å²) < 4.78 is 5.55. The Hall–Kier alpha value is -2.56. The standard InChI is InChI=1S/C20H19ClN2O2/c1-14(20(24)23-17-11-9-16(21)10-12-17)22-19(18-8-5-13-25-18)15-6-3-2-4-7-15/h2-14,19,22H,1H3,(H,23,24)/t14-,19-/m0/s1. The molecule has 1 heterocycles. The maximum Gasteiger partial charge on any atom is 0.241 e. The van der Waals surface area contributed by atoms with Crippen molar-refractivity contribution in [1.29, 1.82) is 0 Å². The van der Waals surface area contributed by atoms with Crippen LogP contribution in [0.5, 0.6) is 0 Å². The van der Waals surface area contributed by atoms with Gasteiger partial charge in [0.25, 0.3) is 0 Å². The van der Waals surface area contributed by atoms with Gasteiger partial charge in [-0.05, 0) is 48.9 Å². The van der Waals surface area contributed by atoms with Gasteiger partial charge in [-0.15, -0.1) is 0 Å². The van der Waals surface area contributed by atoms with E-state index in [9.17, 15) is 4.79 Å². The Balaban J connectivity index is 1.72. The minimum absolute atomic E-state index is 0.130. The van der Waals surface area contributed by atoms with Crippen molar-refractivity contribution < 1.29 is 9.21 Å². The summed E-state index contributed by atoms with van der Waals surface area (Å²) in [4.78, 5) is 12.5. The summed E-state index contributed by atoms with van der Waals surface area (Å²) in [5.74, 6) is 0.632. The highest BCUT2D eigenvalue weighted by Gasteiger charge is 2.22. The lowest BCUT2D eigenvalue weighted by Crippen LogP contribution is -2.40. The van der Waals surface area contributed by atoms with Crippen molar-refractivity contribution in [3.63, 3.8) is 0 Å². The molecule has 0 bridgehead atoms. The average molecular weight is 355 g/mol. The number of carbonyl (C=O) groups is 1. The first-order valence-electron chi connectivity index (χ1n) is 8.04. The molecule has 5 heteroatoms. The minimum Gasteiger partial charge on any atom is -0.467 e. The van der Waals surface area contributed by atoms with E-state index in [1.807, 2.05) is 49.4 Å². The maximum absolute atomic E-state index is 12.5.